The average Bonchev–Trinajstić information content (AvgIpc) is 2.92. The van der Waals surface area contributed by atoms with Gasteiger partial charge in [-0.3, -0.25) is 0 Å². The summed E-state index contributed by atoms with van der Waals surface area (Å²) < 4.78 is 0. The third kappa shape index (κ3) is 7.63. The van der Waals surface area contributed by atoms with E-state index in [4.69, 9.17) is 0 Å². The van der Waals surface area contributed by atoms with Gasteiger partial charge in [-0.25, -0.2) is 0 Å². The molecule has 33 heavy (non-hydrogen) atoms. The first kappa shape index (κ1) is 23.8. The first-order valence-electron chi connectivity index (χ1n) is 11.4. The van der Waals surface area contributed by atoms with Gasteiger partial charge in [-0.1, -0.05) is 172 Å². The quantitative estimate of drug-likeness (QED) is 0.269. The van der Waals surface area contributed by atoms with Crippen LogP contribution in [0.5, 0.6) is 0 Å². The summed E-state index contributed by atoms with van der Waals surface area (Å²) >= 11 is 0. The largest absolute Gasteiger partial charge is 0.0623 e. The Kier molecular flexibility index (Phi) is 9.24. The molecule has 0 heterocycles. The van der Waals surface area contributed by atoms with Crippen molar-refractivity contribution >= 4 is 0 Å². The van der Waals surface area contributed by atoms with Crippen LogP contribution in [0.4, 0.5) is 0 Å². The molecule has 0 heteroatoms. The molecular formula is C33H32. The highest BCUT2D eigenvalue weighted by Crippen LogP contribution is 2.30. The lowest BCUT2D eigenvalue weighted by Gasteiger charge is -2.25. The molecule has 0 saturated heterocycles. The van der Waals surface area contributed by atoms with E-state index in [0.29, 0.717) is 0 Å². The van der Waals surface area contributed by atoms with Crippen LogP contribution in [-0.4, -0.2) is 0 Å². The van der Waals surface area contributed by atoms with Crippen LogP contribution >= 0.6 is 0 Å². The lowest BCUT2D eigenvalue weighted by molar-refractivity contribution is 0.641. The zero-order chi connectivity index (χ0) is 23.2. The van der Waals surface area contributed by atoms with Crippen LogP contribution in [0.1, 0.15) is 25.0 Å². The lowest BCUT2D eigenvalue weighted by Crippen LogP contribution is -2.18. The number of benzene rings is 5. The first-order chi connectivity index (χ1) is 16.2. The molecular weight excluding hydrogens is 396 g/mol. The maximum Gasteiger partial charge on any atom is 0.0146 e. The lowest BCUT2D eigenvalue weighted by atomic mass is 9.78. The summed E-state index contributed by atoms with van der Waals surface area (Å²) in [5.41, 5.74) is 5.35. The van der Waals surface area contributed by atoms with Gasteiger partial charge in [0.1, 0.15) is 0 Å². The van der Waals surface area contributed by atoms with Crippen LogP contribution in [0.15, 0.2) is 158 Å². The molecule has 0 aliphatic heterocycles. The molecule has 0 amide bonds. The van der Waals surface area contributed by atoms with Crippen LogP contribution < -0.4 is 0 Å². The van der Waals surface area contributed by atoms with Crippen LogP contribution in [0.2, 0.25) is 0 Å². The predicted octanol–water partition coefficient (Wildman–Crippen LogP) is 9.05. The van der Waals surface area contributed by atoms with Crippen LogP contribution in [0.3, 0.4) is 0 Å². The minimum absolute atomic E-state index is 0.0858. The normalized spacial score (nSPS) is 10.1. The maximum atomic E-state index is 2.26. The van der Waals surface area contributed by atoms with E-state index < -0.39 is 0 Å². The molecule has 0 fully saturated rings. The Balaban J connectivity index is 0.000000151. The van der Waals surface area contributed by atoms with Crippen molar-refractivity contribution in [3.63, 3.8) is 0 Å². The monoisotopic (exact) mass is 428 g/mol. The van der Waals surface area contributed by atoms with Crippen molar-refractivity contribution in [1.29, 1.82) is 0 Å². The van der Waals surface area contributed by atoms with E-state index in [1.165, 1.54) is 22.3 Å². The molecule has 0 radical (unpaired) electrons. The van der Waals surface area contributed by atoms with Gasteiger partial charge in [-0.15, -0.1) is 0 Å². The zero-order valence-corrected chi connectivity index (χ0v) is 19.5. The second-order valence-corrected chi connectivity index (χ2v) is 8.24. The minimum atomic E-state index is 0.0858. The number of hydrogen-bond donors (Lipinski definition) is 0. The molecule has 0 aliphatic carbocycles. The highest BCUT2D eigenvalue weighted by molar-refractivity contribution is 5.62. The van der Waals surface area contributed by atoms with Crippen LogP contribution in [0.25, 0.3) is 11.1 Å². The van der Waals surface area contributed by atoms with Gasteiger partial charge in [0.05, 0.1) is 0 Å². The molecule has 0 spiro atoms. The molecule has 164 valence electrons. The molecule has 5 aromatic rings. The van der Waals surface area contributed by atoms with E-state index in [9.17, 15) is 0 Å². The summed E-state index contributed by atoms with van der Waals surface area (Å²) in [5, 5.41) is 0. The van der Waals surface area contributed by atoms with E-state index in [1.54, 1.807) is 0 Å². The molecule has 0 aliphatic rings. The molecule has 0 unspecified atom stereocenters. The fraction of sp³-hybridized carbons (Fsp3) is 0.0909. The summed E-state index contributed by atoms with van der Waals surface area (Å²) in [4.78, 5) is 0. The van der Waals surface area contributed by atoms with E-state index in [0.717, 1.165) is 0 Å². The first-order valence-corrected chi connectivity index (χ1v) is 11.4. The second-order valence-electron chi connectivity index (χ2n) is 8.24. The van der Waals surface area contributed by atoms with Crippen molar-refractivity contribution in [3.05, 3.63) is 169 Å². The van der Waals surface area contributed by atoms with Crippen LogP contribution in [-0.2, 0) is 5.41 Å². The Morgan fingerprint density at radius 3 is 0.788 bits per heavy atom. The van der Waals surface area contributed by atoms with Gasteiger partial charge >= 0.3 is 0 Å². The summed E-state index contributed by atoms with van der Waals surface area (Å²) in [7, 11) is 0. The summed E-state index contributed by atoms with van der Waals surface area (Å²) in [6.07, 6.45) is 0. The van der Waals surface area contributed by atoms with Gasteiger partial charge in [0.15, 0.2) is 0 Å². The highest BCUT2D eigenvalue weighted by Gasteiger charge is 2.21. The molecule has 0 atom stereocenters. The van der Waals surface area contributed by atoms with Gasteiger partial charge in [0.25, 0.3) is 0 Å². The Bertz CT molecular complexity index is 1030. The minimum Gasteiger partial charge on any atom is -0.0623 e. The fourth-order valence-electron chi connectivity index (χ4n) is 3.52. The average molecular weight is 429 g/mol. The van der Waals surface area contributed by atoms with E-state index in [-0.39, 0.29) is 5.41 Å². The molecule has 0 aromatic heterocycles. The summed E-state index contributed by atoms with van der Waals surface area (Å²) in [6, 6.07) is 54.0. The van der Waals surface area contributed by atoms with Crippen LogP contribution in [0, 0.1) is 0 Å². The van der Waals surface area contributed by atoms with Gasteiger partial charge in [0.2, 0.25) is 0 Å². The SMILES string of the molecule is CC(C)(c1ccccc1)c1ccccc1.c1ccc(-c2ccccc2)cc1.c1ccccc1. The zero-order valence-electron chi connectivity index (χ0n) is 19.5. The summed E-state index contributed by atoms with van der Waals surface area (Å²) in [5.74, 6) is 0. The smallest absolute Gasteiger partial charge is 0.0146 e. The van der Waals surface area contributed by atoms with E-state index in [1.807, 2.05) is 48.5 Å². The third-order valence-corrected chi connectivity index (χ3v) is 5.54. The Hall–Kier alpha value is -3.90. The second kappa shape index (κ2) is 12.8. The van der Waals surface area contributed by atoms with Crippen molar-refractivity contribution in [1.82, 2.24) is 0 Å². The van der Waals surface area contributed by atoms with E-state index >= 15 is 0 Å². The Morgan fingerprint density at radius 1 is 0.303 bits per heavy atom. The summed E-state index contributed by atoms with van der Waals surface area (Å²) in [6.45, 7) is 4.52. The number of rotatable bonds is 3. The van der Waals surface area contributed by atoms with Crippen molar-refractivity contribution in [2.45, 2.75) is 19.3 Å². The number of hydrogen-bond acceptors (Lipinski definition) is 0. The third-order valence-electron chi connectivity index (χ3n) is 5.54. The Labute approximate surface area is 199 Å². The molecule has 0 bridgehead atoms. The molecule has 0 saturated carbocycles. The molecule has 5 rings (SSSR count). The van der Waals surface area contributed by atoms with Crippen molar-refractivity contribution in [2.24, 2.45) is 0 Å². The predicted molar refractivity (Wildman–Crippen MR) is 143 cm³/mol. The van der Waals surface area contributed by atoms with Crippen molar-refractivity contribution in [3.8, 4) is 11.1 Å². The van der Waals surface area contributed by atoms with Gasteiger partial charge in [0, 0.05) is 5.41 Å². The van der Waals surface area contributed by atoms with Gasteiger partial charge in [-0.05, 0) is 22.3 Å². The topological polar surface area (TPSA) is 0 Å². The fourth-order valence-corrected chi connectivity index (χ4v) is 3.52. The Morgan fingerprint density at radius 2 is 0.515 bits per heavy atom. The molecule has 0 nitrogen and oxygen atoms in total. The molecule has 0 N–H and O–H groups in total. The van der Waals surface area contributed by atoms with Crippen molar-refractivity contribution < 1.29 is 0 Å². The van der Waals surface area contributed by atoms with Gasteiger partial charge in [-0.2, -0.15) is 0 Å². The molecule has 5 aromatic carbocycles. The van der Waals surface area contributed by atoms with Crippen molar-refractivity contribution in [2.75, 3.05) is 0 Å². The van der Waals surface area contributed by atoms with E-state index in [2.05, 4.69) is 123 Å². The van der Waals surface area contributed by atoms with Gasteiger partial charge < -0.3 is 0 Å². The standard InChI is InChI=1S/C15H16.C12H10.C6H6/c1-15(2,13-9-5-3-6-10-13)14-11-7-4-8-12-14;1-3-7-11(8-4-1)12-9-5-2-6-10-12;1-2-4-6-5-3-1/h3-12H,1-2H3;1-10H;1-6H. The highest BCUT2D eigenvalue weighted by atomic mass is 14.2. The maximum absolute atomic E-state index is 2.26.